The van der Waals surface area contributed by atoms with Crippen LogP contribution in [0.15, 0.2) is 12.7 Å². The molecule has 2 aliphatic rings. The molecule has 0 aromatic rings. The summed E-state index contributed by atoms with van der Waals surface area (Å²) in [6.07, 6.45) is 4.75. The zero-order valence-electron chi connectivity index (χ0n) is 8.15. The summed E-state index contributed by atoms with van der Waals surface area (Å²) in [4.78, 5) is 2.41. The molecule has 2 rings (SSSR count). The highest BCUT2D eigenvalue weighted by molar-refractivity contribution is 4.94. The van der Waals surface area contributed by atoms with Crippen LogP contribution in [-0.4, -0.2) is 36.2 Å². The van der Waals surface area contributed by atoms with Gasteiger partial charge in [0.2, 0.25) is 0 Å². The molecule has 0 spiro atoms. The van der Waals surface area contributed by atoms with Crippen molar-refractivity contribution < 1.29 is 5.11 Å². The molecule has 0 bridgehead atoms. The molecule has 0 aromatic heterocycles. The predicted octanol–water partition coefficient (Wildman–Crippen LogP) is 1.12. The SMILES string of the molecule is C=CCN1C[C@@H](CO)[C@H](C2CC2)C1. The van der Waals surface area contributed by atoms with Crippen LogP contribution in [0.1, 0.15) is 12.8 Å². The molecular formula is C11H19NO. The molecule has 0 aromatic carbocycles. The third kappa shape index (κ3) is 1.94. The molecule has 2 atom stereocenters. The van der Waals surface area contributed by atoms with Gasteiger partial charge in [-0.3, -0.25) is 4.90 Å². The summed E-state index contributed by atoms with van der Waals surface area (Å²) < 4.78 is 0. The number of rotatable bonds is 4. The van der Waals surface area contributed by atoms with Crippen LogP contribution in [0.25, 0.3) is 0 Å². The van der Waals surface area contributed by atoms with Gasteiger partial charge in [-0.2, -0.15) is 0 Å². The number of hydrogen-bond donors (Lipinski definition) is 1. The molecule has 2 heteroatoms. The van der Waals surface area contributed by atoms with E-state index in [-0.39, 0.29) is 0 Å². The summed E-state index contributed by atoms with van der Waals surface area (Å²) >= 11 is 0. The van der Waals surface area contributed by atoms with Crippen molar-refractivity contribution in [1.29, 1.82) is 0 Å². The Balaban J connectivity index is 1.90. The molecule has 74 valence electrons. The van der Waals surface area contributed by atoms with Gasteiger partial charge in [0, 0.05) is 26.2 Å². The highest BCUT2D eigenvalue weighted by Gasteiger charge is 2.41. The molecule has 1 N–H and O–H groups in total. The number of hydrogen-bond acceptors (Lipinski definition) is 2. The van der Waals surface area contributed by atoms with E-state index in [1.807, 2.05) is 6.08 Å². The minimum Gasteiger partial charge on any atom is -0.396 e. The maximum absolute atomic E-state index is 9.25. The molecule has 0 unspecified atom stereocenters. The summed E-state index contributed by atoms with van der Waals surface area (Å²) in [6.45, 7) is 7.37. The maximum atomic E-state index is 9.25. The first-order chi connectivity index (χ1) is 6.35. The summed E-state index contributed by atoms with van der Waals surface area (Å²) in [6, 6.07) is 0. The highest BCUT2D eigenvalue weighted by atomic mass is 16.3. The molecule has 2 nitrogen and oxygen atoms in total. The minimum absolute atomic E-state index is 0.370. The van der Waals surface area contributed by atoms with Crippen LogP contribution >= 0.6 is 0 Å². The zero-order chi connectivity index (χ0) is 9.26. The van der Waals surface area contributed by atoms with E-state index >= 15 is 0 Å². The van der Waals surface area contributed by atoms with Crippen LogP contribution in [0.3, 0.4) is 0 Å². The molecule has 1 aliphatic heterocycles. The van der Waals surface area contributed by atoms with Crippen molar-refractivity contribution in [3.8, 4) is 0 Å². The molecule has 0 radical (unpaired) electrons. The standard InChI is InChI=1S/C11H19NO/c1-2-5-12-6-10(8-13)11(7-12)9-3-4-9/h2,9-11,13H,1,3-8H2/t10-,11-/m0/s1. The molecule has 13 heavy (non-hydrogen) atoms. The second kappa shape index (κ2) is 3.81. The monoisotopic (exact) mass is 181 g/mol. The Morgan fingerprint density at radius 3 is 2.69 bits per heavy atom. The number of aliphatic hydroxyl groups is 1. The average Bonchev–Trinajstić information content (AvgIpc) is 2.89. The van der Waals surface area contributed by atoms with Gasteiger partial charge in [0.15, 0.2) is 0 Å². The second-order valence-electron chi connectivity index (χ2n) is 4.45. The van der Waals surface area contributed by atoms with Crippen LogP contribution in [0.2, 0.25) is 0 Å². The molecule has 1 aliphatic carbocycles. The normalized spacial score (nSPS) is 35.2. The van der Waals surface area contributed by atoms with E-state index in [9.17, 15) is 5.11 Å². The van der Waals surface area contributed by atoms with Gasteiger partial charge < -0.3 is 5.11 Å². The van der Waals surface area contributed by atoms with Gasteiger partial charge in [0.05, 0.1) is 0 Å². The van der Waals surface area contributed by atoms with E-state index in [2.05, 4.69) is 11.5 Å². The highest BCUT2D eigenvalue weighted by Crippen LogP contribution is 2.43. The lowest BCUT2D eigenvalue weighted by molar-refractivity contribution is 0.193. The number of aliphatic hydroxyl groups excluding tert-OH is 1. The van der Waals surface area contributed by atoms with E-state index in [4.69, 9.17) is 0 Å². The molecule has 1 saturated carbocycles. The Morgan fingerprint density at radius 1 is 1.38 bits per heavy atom. The Bertz CT molecular complexity index is 189. The van der Waals surface area contributed by atoms with Crippen molar-refractivity contribution in [2.75, 3.05) is 26.2 Å². The maximum Gasteiger partial charge on any atom is 0.0474 e. The van der Waals surface area contributed by atoms with E-state index in [1.54, 1.807) is 0 Å². The van der Waals surface area contributed by atoms with E-state index in [0.717, 1.165) is 24.9 Å². The lowest BCUT2D eigenvalue weighted by Crippen LogP contribution is -2.21. The Labute approximate surface area is 80.2 Å². The molecule has 1 saturated heterocycles. The predicted molar refractivity (Wildman–Crippen MR) is 53.4 cm³/mol. The minimum atomic E-state index is 0.370. The van der Waals surface area contributed by atoms with Crippen LogP contribution in [0.4, 0.5) is 0 Å². The fourth-order valence-corrected chi connectivity index (χ4v) is 2.57. The van der Waals surface area contributed by atoms with Crippen LogP contribution in [0.5, 0.6) is 0 Å². The average molecular weight is 181 g/mol. The third-order valence-electron chi connectivity index (χ3n) is 3.42. The largest absolute Gasteiger partial charge is 0.396 e. The zero-order valence-corrected chi connectivity index (χ0v) is 8.15. The van der Waals surface area contributed by atoms with E-state index in [0.29, 0.717) is 12.5 Å². The van der Waals surface area contributed by atoms with Gasteiger partial charge in [-0.05, 0) is 30.6 Å². The summed E-state index contributed by atoms with van der Waals surface area (Å²) in [5.41, 5.74) is 0. The topological polar surface area (TPSA) is 23.5 Å². The first-order valence-electron chi connectivity index (χ1n) is 5.29. The van der Waals surface area contributed by atoms with Crippen LogP contribution in [0, 0.1) is 17.8 Å². The Morgan fingerprint density at radius 2 is 2.15 bits per heavy atom. The van der Waals surface area contributed by atoms with Crippen molar-refractivity contribution in [3.05, 3.63) is 12.7 Å². The fourth-order valence-electron chi connectivity index (χ4n) is 2.57. The van der Waals surface area contributed by atoms with Crippen molar-refractivity contribution in [2.45, 2.75) is 12.8 Å². The first kappa shape index (κ1) is 9.22. The van der Waals surface area contributed by atoms with E-state index in [1.165, 1.54) is 19.4 Å². The third-order valence-corrected chi connectivity index (χ3v) is 3.42. The van der Waals surface area contributed by atoms with Gasteiger partial charge in [0.1, 0.15) is 0 Å². The van der Waals surface area contributed by atoms with E-state index < -0.39 is 0 Å². The Kier molecular flexibility index (Phi) is 2.70. The fraction of sp³-hybridized carbons (Fsp3) is 0.818. The molecule has 2 fully saturated rings. The summed E-state index contributed by atoms with van der Waals surface area (Å²) in [5.74, 6) is 2.23. The van der Waals surface area contributed by atoms with Crippen molar-refractivity contribution in [3.63, 3.8) is 0 Å². The first-order valence-corrected chi connectivity index (χ1v) is 5.29. The van der Waals surface area contributed by atoms with Crippen molar-refractivity contribution in [1.82, 2.24) is 4.90 Å². The van der Waals surface area contributed by atoms with Gasteiger partial charge in [-0.25, -0.2) is 0 Å². The lowest BCUT2D eigenvalue weighted by atomic mass is 9.92. The summed E-state index contributed by atoms with van der Waals surface area (Å²) in [7, 11) is 0. The molecular weight excluding hydrogens is 162 g/mol. The summed E-state index contributed by atoms with van der Waals surface area (Å²) in [5, 5.41) is 9.25. The number of nitrogens with zero attached hydrogens (tertiary/aromatic N) is 1. The molecule has 0 amide bonds. The van der Waals surface area contributed by atoms with Gasteiger partial charge in [-0.15, -0.1) is 6.58 Å². The van der Waals surface area contributed by atoms with Gasteiger partial charge >= 0.3 is 0 Å². The smallest absolute Gasteiger partial charge is 0.0474 e. The quantitative estimate of drug-likeness (QED) is 0.657. The Hall–Kier alpha value is -0.340. The lowest BCUT2D eigenvalue weighted by Gasteiger charge is -2.14. The van der Waals surface area contributed by atoms with Gasteiger partial charge in [0.25, 0.3) is 0 Å². The molecule has 1 heterocycles. The van der Waals surface area contributed by atoms with Crippen LogP contribution < -0.4 is 0 Å². The number of likely N-dealkylation sites (tertiary alicyclic amines) is 1. The van der Waals surface area contributed by atoms with Gasteiger partial charge in [-0.1, -0.05) is 6.08 Å². The van der Waals surface area contributed by atoms with Crippen LogP contribution in [-0.2, 0) is 0 Å². The van der Waals surface area contributed by atoms with Crippen molar-refractivity contribution in [2.24, 2.45) is 17.8 Å². The van der Waals surface area contributed by atoms with Crippen molar-refractivity contribution >= 4 is 0 Å². The second-order valence-corrected chi connectivity index (χ2v) is 4.45.